The van der Waals surface area contributed by atoms with Crippen molar-refractivity contribution in [3.63, 3.8) is 0 Å². The van der Waals surface area contributed by atoms with Gasteiger partial charge in [0.15, 0.2) is 11.6 Å². The number of rotatable bonds is 3. The molecule has 3 rings (SSSR count). The van der Waals surface area contributed by atoms with Gasteiger partial charge in [-0.25, -0.2) is 0 Å². The van der Waals surface area contributed by atoms with E-state index in [1.54, 1.807) is 6.07 Å². The Labute approximate surface area is 104 Å². The Hall–Kier alpha value is -2.01. The number of nitrogens with two attached hydrogens (primary N) is 1. The third-order valence-corrected chi connectivity index (χ3v) is 2.86. The fraction of sp³-hybridized carbons (Fsp3) is 0.308. The molecule has 2 N–H and O–H groups in total. The number of anilines is 1. The summed E-state index contributed by atoms with van der Waals surface area (Å²) in [6, 6.07) is 9.37. The number of benzene rings is 1. The molecule has 1 aliphatic rings. The first-order valence-corrected chi connectivity index (χ1v) is 5.89. The fourth-order valence-electron chi connectivity index (χ4n) is 1.97. The predicted octanol–water partition coefficient (Wildman–Crippen LogP) is 2.09. The van der Waals surface area contributed by atoms with Gasteiger partial charge in [0.25, 0.3) is 0 Å². The molecule has 0 aliphatic carbocycles. The molecule has 1 aromatic carbocycles. The average molecular weight is 246 g/mol. The minimum atomic E-state index is 0.103. The van der Waals surface area contributed by atoms with Gasteiger partial charge >= 0.3 is 0 Å². The Bertz CT molecular complexity index is 533. The van der Waals surface area contributed by atoms with Crippen LogP contribution in [0.1, 0.15) is 6.42 Å². The number of aromatic nitrogens is 1. The molecule has 0 radical (unpaired) electrons. The van der Waals surface area contributed by atoms with Crippen LogP contribution in [0.2, 0.25) is 0 Å². The van der Waals surface area contributed by atoms with Gasteiger partial charge in [0, 0.05) is 12.5 Å². The van der Waals surface area contributed by atoms with E-state index in [4.69, 9.17) is 19.7 Å². The highest BCUT2D eigenvalue weighted by Crippen LogP contribution is 2.32. The average Bonchev–Trinajstić information content (AvgIpc) is 3.02. The zero-order valence-electron chi connectivity index (χ0n) is 9.83. The highest BCUT2D eigenvalue weighted by Gasteiger charge is 2.19. The number of nitrogen functional groups attached to an aromatic ring is 1. The first kappa shape index (κ1) is 11.1. The van der Waals surface area contributed by atoms with Crippen molar-refractivity contribution in [3.05, 3.63) is 30.3 Å². The van der Waals surface area contributed by atoms with Crippen LogP contribution in [-0.2, 0) is 4.74 Å². The quantitative estimate of drug-likeness (QED) is 0.897. The maximum Gasteiger partial charge on any atom is 0.172 e. The van der Waals surface area contributed by atoms with Crippen LogP contribution in [-0.4, -0.2) is 24.5 Å². The van der Waals surface area contributed by atoms with E-state index in [0.29, 0.717) is 18.2 Å². The molecular formula is C13H14N2O3. The number of para-hydroxylation sites is 1. The molecular weight excluding hydrogens is 232 g/mol. The molecule has 1 aromatic heterocycles. The first-order valence-electron chi connectivity index (χ1n) is 5.89. The summed E-state index contributed by atoms with van der Waals surface area (Å²) in [6.07, 6.45) is 1.01. The van der Waals surface area contributed by atoms with Crippen molar-refractivity contribution in [1.29, 1.82) is 0 Å². The van der Waals surface area contributed by atoms with E-state index in [2.05, 4.69) is 5.16 Å². The largest absolute Gasteiger partial charge is 0.487 e. The zero-order chi connectivity index (χ0) is 12.4. The van der Waals surface area contributed by atoms with Crippen LogP contribution < -0.4 is 10.5 Å². The van der Waals surface area contributed by atoms with Gasteiger partial charge in [-0.1, -0.05) is 17.3 Å². The molecule has 2 heterocycles. The van der Waals surface area contributed by atoms with Crippen molar-refractivity contribution < 1.29 is 14.0 Å². The maximum atomic E-state index is 5.92. The van der Waals surface area contributed by atoms with Crippen LogP contribution in [0, 0.1) is 0 Å². The minimum absolute atomic E-state index is 0.103. The molecule has 1 saturated heterocycles. The van der Waals surface area contributed by atoms with Crippen LogP contribution in [0.25, 0.3) is 11.3 Å². The van der Waals surface area contributed by atoms with Gasteiger partial charge in [-0.3, -0.25) is 0 Å². The van der Waals surface area contributed by atoms with Gasteiger partial charge in [0.05, 0.1) is 18.8 Å². The van der Waals surface area contributed by atoms with Crippen LogP contribution >= 0.6 is 0 Å². The smallest absolute Gasteiger partial charge is 0.172 e. The van der Waals surface area contributed by atoms with Gasteiger partial charge in [0.1, 0.15) is 11.9 Å². The van der Waals surface area contributed by atoms with Crippen molar-refractivity contribution in [1.82, 2.24) is 5.16 Å². The van der Waals surface area contributed by atoms with Crippen LogP contribution in [0.3, 0.4) is 0 Å². The van der Waals surface area contributed by atoms with E-state index in [1.807, 2.05) is 24.3 Å². The van der Waals surface area contributed by atoms with E-state index in [9.17, 15) is 0 Å². The summed E-state index contributed by atoms with van der Waals surface area (Å²) in [5.41, 5.74) is 6.42. The lowest BCUT2D eigenvalue weighted by atomic mass is 10.1. The molecule has 94 valence electrons. The highest BCUT2D eigenvalue weighted by molar-refractivity contribution is 5.67. The summed E-state index contributed by atoms with van der Waals surface area (Å²) in [5, 5.41) is 3.69. The first-order chi connectivity index (χ1) is 8.83. The number of hydrogen-bond acceptors (Lipinski definition) is 5. The summed E-state index contributed by atoms with van der Waals surface area (Å²) in [6.45, 7) is 1.38. The summed E-state index contributed by atoms with van der Waals surface area (Å²) in [7, 11) is 0. The number of ether oxygens (including phenoxy) is 2. The molecule has 0 amide bonds. The van der Waals surface area contributed by atoms with E-state index in [1.165, 1.54) is 0 Å². The van der Waals surface area contributed by atoms with Crippen LogP contribution in [0.15, 0.2) is 34.9 Å². The number of nitrogens with zero attached hydrogens (tertiary/aromatic N) is 1. The van der Waals surface area contributed by atoms with Crippen LogP contribution in [0.5, 0.6) is 5.75 Å². The van der Waals surface area contributed by atoms with Crippen molar-refractivity contribution in [3.8, 4) is 17.1 Å². The monoisotopic (exact) mass is 246 g/mol. The van der Waals surface area contributed by atoms with Crippen molar-refractivity contribution in [2.75, 3.05) is 18.9 Å². The minimum Gasteiger partial charge on any atom is -0.487 e. The number of hydrogen-bond donors (Lipinski definition) is 1. The molecule has 18 heavy (non-hydrogen) atoms. The molecule has 5 heteroatoms. The Morgan fingerprint density at radius 2 is 2.22 bits per heavy atom. The van der Waals surface area contributed by atoms with E-state index < -0.39 is 0 Å². The zero-order valence-corrected chi connectivity index (χ0v) is 9.83. The normalized spacial score (nSPS) is 19.0. The lowest BCUT2D eigenvalue weighted by Gasteiger charge is -2.14. The Morgan fingerprint density at radius 3 is 2.94 bits per heavy atom. The molecule has 1 atom stereocenters. The predicted molar refractivity (Wildman–Crippen MR) is 66.2 cm³/mol. The SMILES string of the molecule is Nc1cc(-c2ccccc2OC2CCOC2)on1. The molecule has 0 bridgehead atoms. The molecule has 0 spiro atoms. The van der Waals surface area contributed by atoms with Crippen molar-refractivity contribution in [2.24, 2.45) is 0 Å². The topological polar surface area (TPSA) is 70.5 Å². The summed E-state index contributed by atoms with van der Waals surface area (Å²) in [5.74, 6) is 1.75. The van der Waals surface area contributed by atoms with Crippen molar-refractivity contribution >= 4 is 5.82 Å². The second-order valence-electron chi connectivity index (χ2n) is 4.22. The fourth-order valence-corrected chi connectivity index (χ4v) is 1.97. The molecule has 0 saturated carbocycles. The van der Waals surface area contributed by atoms with Crippen molar-refractivity contribution in [2.45, 2.75) is 12.5 Å². The van der Waals surface area contributed by atoms with Gasteiger partial charge in [-0.15, -0.1) is 0 Å². The molecule has 1 aliphatic heterocycles. The standard InChI is InChI=1S/C13H14N2O3/c14-13-7-12(18-15-13)10-3-1-2-4-11(10)17-9-5-6-16-8-9/h1-4,7,9H,5-6,8H2,(H2,14,15). The summed E-state index contributed by atoms with van der Waals surface area (Å²) >= 11 is 0. The molecule has 1 unspecified atom stereocenters. The summed E-state index contributed by atoms with van der Waals surface area (Å²) in [4.78, 5) is 0. The molecule has 2 aromatic rings. The van der Waals surface area contributed by atoms with E-state index in [-0.39, 0.29) is 6.10 Å². The van der Waals surface area contributed by atoms with E-state index >= 15 is 0 Å². The third-order valence-electron chi connectivity index (χ3n) is 2.86. The van der Waals surface area contributed by atoms with E-state index in [0.717, 1.165) is 24.3 Å². The third kappa shape index (κ3) is 2.17. The van der Waals surface area contributed by atoms with Gasteiger partial charge < -0.3 is 19.7 Å². The molecule has 5 nitrogen and oxygen atoms in total. The van der Waals surface area contributed by atoms with Gasteiger partial charge in [0.2, 0.25) is 0 Å². The Morgan fingerprint density at radius 1 is 1.33 bits per heavy atom. The second kappa shape index (κ2) is 4.70. The lowest BCUT2D eigenvalue weighted by Crippen LogP contribution is -2.16. The second-order valence-corrected chi connectivity index (χ2v) is 4.22. The maximum absolute atomic E-state index is 5.92. The molecule has 1 fully saturated rings. The van der Waals surface area contributed by atoms with Gasteiger partial charge in [-0.2, -0.15) is 0 Å². The Kier molecular flexibility index (Phi) is 2.90. The van der Waals surface area contributed by atoms with Crippen LogP contribution in [0.4, 0.5) is 5.82 Å². The summed E-state index contributed by atoms with van der Waals surface area (Å²) < 4.78 is 16.4. The van der Waals surface area contributed by atoms with Gasteiger partial charge in [-0.05, 0) is 12.1 Å². The highest BCUT2D eigenvalue weighted by atomic mass is 16.5. The lowest BCUT2D eigenvalue weighted by molar-refractivity contribution is 0.141. The Balaban J connectivity index is 1.89.